The Hall–Kier alpha value is -2.70. The smallest absolute Gasteiger partial charge is 0.251 e. The van der Waals surface area contributed by atoms with E-state index in [-0.39, 0.29) is 24.0 Å². The van der Waals surface area contributed by atoms with Crippen LogP contribution in [0.3, 0.4) is 0 Å². The van der Waals surface area contributed by atoms with Gasteiger partial charge in [0.15, 0.2) is 0 Å². The van der Waals surface area contributed by atoms with E-state index in [1.807, 2.05) is 41.3 Å². The second kappa shape index (κ2) is 10.6. The van der Waals surface area contributed by atoms with E-state index in [0.717, 1.165) is 24.8 Å². The maximum atomic E-state index is 12.9. The molecule has 0 saturated carbocycles. The number of hydrogen-bond donors (Lipinski definition) is 1. The fourth-order valence-corrected chi connectivity index (χ4v) is 4.33. The van der Waals surface area contributed by atoms with Crippen molar-refractivity contribution in [2.24, 2.45) is 0 Å². The molecule has 2 atom stereocenters. The van der Waals surface area contributed by atoms with Gasteiger partial charge in [-0.05, 0) is 30.4 Å². The summed E-state index contributed by atoms with van der Waals surface area (Å²) in [4.78, 5) is 29.4. The summed E-state index contributed by atoms with van der Waals surface area (Å²) < 4.78 is 5.53. The molecule has 2 heterocycles. The largest absolute Gasteiger partial charge is 0.368 e. The van der Waals surface area contributed by atoms with Crippen LogP contribution in [0.2, 0.25) is 0 Å². The van der Waals surface area contributed by atoms with Crippen molar-refractivity contribution in [3.05, 3.63) is 71.8 Å². The fourth-order valence-electron chi connectivity index (χ4n) is 4.33. The molecule has 2 saturated heterocycles. The molecular formula is C25H31N3O3. The van der Waals surface area contributed by atoms with E-state index in [4.69, 9.17) is 4.74 Å². The van der Waals surface area contributed by atoms with Gasteiger partial charge in [0.05, 0.1) is 12.6 Å². The molecular weight excluding hydrogens is 390 g/mol. The number of piperazine rings is 1. The Morgan fingerprint density at radius 1 is 0.968 bits per heavy atom. The van der Waals surface area contributed by atoms with Gasteiger partial charge in [-0.25, -0.2) is 0 Å². The second-order valence-corrected chi connectivity index (χ2v) is 8.32. The summed E-state index contributed by atoms with van der Waals surface area (Å²) in [6.07, 6.45) is 2.27. The predicted molar refractivity (Wildman–Crippen MR) is 119 cm³/mol. The molecule has 31 heavy (non-hydrogen) atoms. The Labute approximate surface area is 184 Å². The first-order valence-electron chi connectivity index (χ1n) is 11.2. The van der Waals surface area contributed by atoms with E-state index in [2.05, 4.69) is 34.5 Å². The SMILES string of the molecule is O=C(CN1CCN(C(=O)C2CCCO2)CC1)NC(Cc1ccccc1)c1ccccc1. The third-order valence-electron chi connectivity index (χ3n) is 6.08. The minimum absolute atomic E-state index is 0.0173. The average molecular weight is 422 g/mol. The van der Waals surface area contributed by atoms with Gasteiger partial charge in [-0.2, -0.15) is 0 Å². The molecule has 2 aliphatic heterocycles. The molecule has 164 valence electrons. The van der Waals surface area contributed by atoms with Crippen LogP contribution >= 0.6 is 0 Å². The van der Waals surface area contributed by atoms with Gasteiger partial charge in [-0.15, -0.1) is 0 Å². The number of hydrogen-bond acceptors (Lipinski definition) is 4. The molecule has 4 rings (SSSR count). The van der Waals surface area contributed by atoms with Gasteiger partial charge in [0, 0.05) is 32.8 Å². The van der Waals surface area contributed by atoms with Crippen molar-refractivity contribution in [1.82, 2.24) is 15.1 Å². The highest BCUT2D eigenvalue weighted by Crippen LogP contribution is 2.19. The molecule has 0 aliphatic carbocycles. The van der Waals surface area contributed by atoms with E-state index in [1.54, 1.807) is 0 Å². The second-order valence-electron chi connectivity index (χ2n) is 8.32. The van der Waals surface area contributed by atoms with Gasteiger partial charge in [-0.1, -0.05) is 60.7 Å². The standard InChI is InChI=1S/C25H31N3O3/c29-24(19-27-13-15-28(16-14-27)25(30)23-12-7-17-31-23)26-22(21-10-5-2-6-11-21)18-20-8-3-1-4-9-20/h1-6,8-11,22-23H,7,12-19H2,(H,26,29). The summed E-state index contributed by atoms with van der Waals surface area (Å²) in [7, 11) is 0. The van der Waals surface area contributed by atoms with Crippen LogP contribution in [0.15, 0.2) is 60.7 Å². The maximum Gasteiger partial charge on any atom is 0.251 e. The van der Waals surface area contributed by atoms with E-state index < -0.39 is 0 Å². The third-order valence-corrected chi connectivity index (χ3v) is 6.08. The van der Waals surface area contributed by atoms with Crippen LogP contribution < -0.4 is 5.32 Å². The van der Waals surface area contributed by atoms with E-state index >= 15 is 0 Å². The quantitative estimate of drug-likeness (QED) is 0.746. The van der Waals surface area contributed by atoms with Gasteiger partial charge in [0.2, 0.25) is 5.91 Å². The van der Waals surface area contributed by atoms with Crippen molar-refractivity contribution in [1.29, 1.82) is 0 Å². The minimum atomic E-state index is -0.264. The molecule has 2 unspecified atom stereocenters. The van der Waals surface area contributed by atoms with Gasteiger partial charge in [0.1, 0.15) is 6.10 Å². The molecule has 2 aliphatic rings. The fraction of sp³-hybridized carbons (Fsp3) is 0.440. The average Bonchev–Trinajstić information content (AvgIpc) is 3.35. The topological polar surface area (TPSA) is 61.9 Å². The van der Waals surface area contributed by atoms with Gasteiger partial charge in [0.25, 0.3) is 5.91 Å². The molecule has 1 N–H and O–H groups in total. The summed E-state index contributed by atoms with van der Waals surface area (Å²) in [6, 6.07) is 20.3. The van der Waals surface area contributed by atoms with Crippen molar-refractivity contribution in [3.63, 3.8) is 0 Å². The first kappa shape index (κ1) is 21.5. The highest BCUT2D eigenvalue weighted by Gasteiger charge is 2.30. The van der Waals surface area contributed by atoms with Crippen LogP contribution in [0, 0.1) is 0 Å². The Morgan fingerprint density at radius 3 is 2.29 bits per heavy atom. The van der Waals surface area contributed by atoms with Crippen LogP contribution in [0.5, 0.6) is 0 Å². The molecule has 2 fully saturated rings. The number of ether oxygens (including phenoxy) is 1. The summed E-state index contributed by atoms with van der Waals surface area (Å²) in [5.74, 6) is 0.122. The lowest BCUT2D eigenvalue weighted by molar-refractivity contribution is -0.142. The molecule has 6 nitrogen and oxygen atoms in total. The summed E-state index contributed by atoms with van der Waals surface area (Å²) in [5, 5.41) is 3.23. The number of benzene rings is 2. The third kappa shape index (κ3) is 5.93. The number of carbonyl (C=O) groups is 2. The summed E-state index contributed by atoms with van der Waals surface area (Å²) >= 11 is 0. The zero-order valence-electron chi connectivity index (χ0n) is 17.9. The Bertz CT molecular complexity index is 845. The van der Waals surface area contributed by atoms with Crippen LogP contribution in [-0.4, -0.2) is 67.0 Å². The minimum Gasteiger partial charge on any atom is -0.368 e. The molecule has 0 spiro atoms. The monoisotopic (exact) mass is 421 g/mol. The molecule has 2 aromatic rings. The van der Waals surface area contributed by atoms with E-state index in [0.29, 0.717) is 39.3 Å². The number of amides is 2. The lowest BCUT2D eigenvalue weighted by Gasteiger charge is -2.35. The zero-order chi connectivity index (χ0) is 21.5. The van der Waals surface area contributed by atoms with Gasteiger partial charge >= 0.3 is 0 Å². The molecule has 0 bridgehead atoms. The van der Waals surface area contributed by atoms with Crippen LogP contribution in [0.1, 0.15) is 30.0 Å². The van der Waals surface area contributed by atoms with E-state index in [1.165, 1.54) is 5.56 Å². The van der Waals surface area contributed by atoms with Crippen LogP contribution in [0.25, 0.3) is 0 Å². The highest BCUT2D eigenvalue weighted by atomic mass is 16.5. The van der Waals surface area contributed by atoms with Crippen molar-refractivity contribution >= 4 is 11.8 Å². The Kier molecular flexibility index (Phi) is 7.33. The first-order chi connectivity index (χ1) is 15.2. The van der Waals surface area contributed by atoms with Crippen molar-refractivity contribution in [2.45, 2.75) is 31.4 Å². The number of carbonyl (C=O) groups excluding carboxylic acids is 2. The van der Waals surface area contributed by atoms with Crippen molar-refractivity contribution in [2.75, 3.05) is 39.3 Å². The van der Waals surface area contributed by atoms with Gasteiger partial charge < -0.3 is 15.0 Å². The molecule has 0 radical (unpaired) electrons. The van der Waals surface area contributed by atoms with Crippen molar-refractivity contribution in [3.8, 4) is 0 Å². The normalized spacial score (nSPS) is 20.4. The highest BCUT2D eigenvalue weighted by molar-refractivity contribution is 5.81. The molecule has 2 aromatic carbocycles. The molecule has 6 heteroatoms. The summed E-state index contributed by atoms with van der Waals surface area (Å²) in [6.45, 7) is 3.75. The maximum absolute atomic E-state index is 12.9. The van der Waals surface area contributed by atoms with Crippen molar-refractivity contribution < 1.29 is 14.3 Å². The van der Waals surface area contributed by atoms with Crippen LogP contribution in [0.4, 0.5) is 0 Å². The Morgan fingerprint density at radius 2 is 1.65 bits per heavy atom. The lowest BCUT2D eigenvalue weighted by Crippen LogP contribution is -2.53. The summed E-state index contributed by atoms with van der Waals surface area (Å²) in [5.41, 5.74) is 2.30. The molecule has 2 amide bonds. The number of rotatable bonds is 7. The first-order valence-corrected chi connectivity index (χ1v) is 11.2. The molecule has 0 aromatic heterocycles. The zero-order valence-corrected chi connectivity index (χ0v) is 17.9. The number of nitrogens with one attached hydrogen (secondary N) is 1. The predicted octanol–water partition coefficient (Wildman–Crippen LogP) is 2.41. The van der Waals surface area contributed by atoms with Crippen LogP contribution in [-0.2, 0) is 20.7 Å². The van der Waals surface area contributed by atoms with E-state index in [9.17, 15) is 9.59 Å². The van der Waals surface area contributed by atoms with Gasteiger partial charge in [-0.3, -0.25) is 14.5 Å². The Balaban J connectivity index is 1.30. The lowest BCUT2D eigenvalue weighted by atomic mass is 9.99. The number of nitrogens with zero attached hydrogens (tertiary/aromatic N) is 2.